The maximum absolute atomic E-state index is 11.3. The number of aromatic amines is 2. The fourth-order valence-corrected chi connectivity index (χ4v) is 2.72. The molecule has 0 saturated heterocycles. The molecule has 0 aliphatic heterocycles. The summed E-state index contributed by atoms with van der Waals surface area (Å²) >= 11 is 0. The van der Waals surface area contributed by atoms with Crippen molar-refractivity contribution in [3.63, 3.8) is 0 Å². The Morgan fingerprint density at radius 3 is 2.28 bits per heavy atom. The average molecular weight is 245 g/mol. The van der Waals surface area contributed by atoms with Crippen LogP contribution in [0, 0.1) is 0 Å². The first-order valence-electron chi connectivity index (χ1n) is 6.14. The van der Waals surface area contributed by atoms with Gasteiger partial charge in [-0.2, -0.15) is 0 Å². The largest absolute Gasteiger partial charge is 0.321 e. The molecule has 0 radical (unpaired) electrons. The van der Waals surface area contributed by atoms with Gasteiger partial charge in [-0.3, -0.25) is 9.59 Å². The van der Waals surface area contributed by atoms with Crippen LogP contribution in [0.2, 0.25) is 0 Å². The molecule has 0 unspecified atom stereocenters. The highest BCUT2D eigenvalue weighted by Gasteiger charge is 2.31. The van der Waals surface area contributed by atoms with Crippen molar-refractivity contribution in [2.45, 2.75) is 31.2 Å². The van der Waals surface area contributed by atoms with Crippen molar-refractivity contribution < 1.29 is 0 Å². The van der Waals surface area contributed by atoms with Crippen LogP contribution in [-0.2, 0) is 5.54 Å². The minimum atomic E-state index is -0.628. The van der Waals surface area contributed by atoms with Gasteiger partial charge in [-0.15, -0.1) is 0 Å². The second-order valence-electron chi connectivity index (χ2n) is 5.03. The van der Waals surface area contributed by atoms with Crippen LogP contribution in [-0.4, -0.2) is 9.97 Å². The molecule has 0 bridgehead atoms. The van der Waals surface area contributed by atoms with Crippen LogP contribution in [0.1, 0.15) is 31.2 Å². The minimum absolute atomic E-state index is 0.290. The van der Waals surface area contributed by atoms with Gasteiger partial charge in [-0.05, 0) is 30.5 Å². The average Bonchev–Trinajstić information content (AvgIpc) is 2.78. The van der Waals surface area contributed by atoms with Gasteiger partial charge in [0, 0.05) is 5.54 Å². The first-order valence-corrected chi connectivity index (χ1v) is 6.14. The first-order chi connectivity index (χ1) is 8.58. The minimum Gasteiger partial charge on any atom is -0.321 e. The van der Waals surface area contributed by atoms with Crippen molar-refractivity contribution in [2.24, 2.45) is 5.73 Å². The molecule has 0 amide bonds. The summed E-state index contributed by atoms with van der Waals surface area (Å²) in [5, 5.41) is 0. The van der Waals surface area contributed by atoms with Crippen LogP contribution in [0.3, 0.4) is 0 Å². The first kappa shape index (κ1) is 11.2. The lowest BCUT2D eigenvalue weighted by molar-refractivity contribution is 0.462. The van der Waals surface area contributed by atoms with Crippen LogP contribution in [0.4, 0.5) is 0 Å². The van der Waals surface area contributed by atoms with E-state index in [1.54, 1.807) is 6.07 Å². The number of nitrogens with one attached hydrogen (secondary N) is 2. The third kappa shape index (κ3) is 1.67. The van der Waals surface area contributed by atoms with Crippen molar-refractivity contribution in [3.8, 4) is 0 Å². The highest BCUT2D eigenvalue weighted by Crippen LogP contribution is 2.36. The number of benzene rings is 1. The predicted molar refractivity (Wildman–Crippen MR) is 69.5 cm³/mol. The van der Waals surface area contributed by atoms with Crippen LogP contribution in [0.5, 0.6) is 0 Å². The molecule has 1 heterocycles. The molecule has 5 nitrogen and oxygen atoms in total. The summed E-state index contributed by atoms with van der Waals surface area (Å²) in [6, 6.07) is 5.61. The molecule has 0 atom stereocenters. The zero-order valence-electron chi connectivity index (χ0n) is 9.95. The molecule has 1 aliphatic rings. The maximum atomic E-state index is 11.3. The van der Waals surface area contributed by atoms with Crippen LogP contribution in [0.15, 0.2) is 27.8 Å². The maximum Gasteiger partial charge on any atom is 0.314 e. The summed E-state index contributed by atoms with van der Waals surface area (Å²) in [5.41, 5.74) is 7.12. The molecule has 1 saturated carbocycles. The third-order valence-electron chi connectivity index (χ3n) is 3.79. The quantitative estimate of drug-likeness (QED) is 0.653. The Morgan fingerprint density at radius 1 is 1.00 bits per heavy atom. The molecular weight excluding hydrogens is 230 g/mol. The zero-order chi connectivity index (χ0) is 12.8. The fourth-order valence-electron chi connectivity index (χ4n) is 2.72. The normalized spacial score (nSPS) is 18.3. The monoisotopic (exact) mass is 245 g/mol. The molecule has 1 aromatic carbocycles. The van der Waals surface area contributed by atoms with E-state index in [2.05, 4.69) is 9.97 Å². The molecule has 4 N–H and O–H groups in total. The van der Waals surface area contributed by atoms with E-state index in [9.17, 15) is 9.59 Å². The second-order valence-corrected chi connectivity index (χ2v) is 5.03. The summed E-state index contributed by atoms with van der Waals surface area (Å²) in [5.74, 6) is 0. The van der Waals surface area contributed by atoms with E-state index >= 15 is 0 Å². The molecule has 1 aliphatic carbocycles. The molecule has 1 fully saturated rings. The van der Waals surface area contributed by atoms with Gasteiger partial charge in [-0.1, -0.05) is 18.9 Å². The Labute approximate surface area is 103 Å². The van der Waals surface area contributed by atoms with Gasteiger partial charge in [0.05, 0.1) is 11.0 Å². The summed E-state index contributed by atoms with van der Waals surface area (Å²) in [6.45, 7) is 0. The second kappa shape index (κ2) is 3.81. The Kier molecular flexibility index (Phi) is 2.38. The Hall–Kier alpha value is -1.88. The molecule has 1 aromatic heterocycles. The van der Waals surface area contributed by atoms with E-state index in [0.717, 1.165) is 31.2 Å². The highest BCUT2D eigenvalue weighted by atomic mass is 16.2. The topological polar surface area (TPSA) is 91.7 Å². The Morgan fingerprint density at radius 2 is 1.61 bits per heavy atom. The summed E-state index contributed by atoms with van der Waals surface area (Å²) in [4.78, 5) is 27.7. The lowest BCUT2D eigenvalue weighted by Gasteiger charge is -2.24. The van der Waals surface area contributed by atoms with Gasteiger partial charge in [0.25, 0.3) is 0 Å². The van der Waals surface area contributed by atoms with E-state index in [4.69, 9.17) is 5.73 Å². The predicted octanol–water partition coefficient (Wildman–Crippen LogP) is 0.944. The van der Waals surface area contributed by atoms with E-state index in [1.165, 1.54) is 0 Å². The van der Waals surface area contributed by atoms with Crippen molar-refractivity contribution >= 4 is 11.0 Å². The number of hydrogen-bond donors (Lipinski definition) is 3. The summed E-state index contributed by atoms with van der Waals surface area (Å²) < 4.78 is 0. The van der Waals surface area contributed by atoms with Crippen LogP contribution < -0.4 is 16.9 Å². The van der Waals surface area contributed by atoms with E-state index in [-0.39, 0.29) is 5.54 Å². The SMILES string of the molecule is NC1(c2ccc3[nH]c(=O)c(=O)[nH]c3c2)CCCC1. The van der Waals surface area contributed by atoms with Gasteiger partial charge >= 0.3 is 11.1 Å². The number of fused-ring (bicyclic) bond motifs is 1. The van der Waals surface area contributed by atoms with Gasteiger partial charge in [0.2, 0.25) is 0 Å². The smallest absolute Gasteiger partial charge is 0.314 e. The van der Waals surface area contributed by atoms with Crippen LogP contribution >= 0.6 is 0 Å². The fraction of sp³-hybridized carbons (Fsp3) is 0.385. The molecule has 0 spiro atoms. The molecule has 5 heteroatoms. The van der Waals surface area contributed by atoms with Crippen molar-refractivity contribution in [1.29, 1.82) is 0 Å². The number of hydrogen-bond acceptors (Lipinski definition) is 3. The van der Waals surface area contributed by atoms with E-state index in [0.29, 0.717) is 11.0 Å². The third-order valence-corrected chi connectivity index (χ3v) is 3.79. The summed E-state index contributed by atoms with van der Waals surface area (Å²) in [7, 11) is 0. The molecular formula is C13H15N3O2. The van der Waals surface area contributed by atoms with Crippen LogP contribution in [0.25, 0.3) is 11.0 Å². The molecule has 94 valence electrons. The molecule has 3 rings (SSSR count). The van der Waals surface area contributed by atoms with E-state index < -0.39 is 11.1 Å². The van der Waals surface area contributed by atoms with Gasteiger partial charge < -0.3 is 15.7 Å². The van der Waals surface area contributed by atoms with Crippen molar-refractivity contribution in [1.82, 2.24) is 9.97 Å². The standard InChI is InChI=1S/C13H15N3O2/c14-13(5-1-2-6-13)8-3-4-9-10(7-8)16-12(18)11(17)15-9/h3-4,7H,1-2,5-6,14H2,(H,15,17)(H,16,18). The van der Waals surface area contributed by atoms with Gasteiger partial charge in [-0.25, -0.2) is 0 Å². The van der Waals surface area contributed by atoms with Crippen molar-refractivity contribution in [2.75, 3.05) is 0 Å². The molecule has 2 aromatic rings. The number of aromatic nitrogens is 2. The lowest BCUT2D eigenvalue weighted by Crippen LogP contribution is -2.33. The Bertz CT molecular complexity index is 708. The van der Waals surface area contributed by atoms with Gasteiger partial charge in [0.15, 0.2) is 0 Å². The number of H-pyrrole nitrogens is 2. The Balaban J connectivity index is 2.19. The highest BCUT2D eigenvalue weighted by molar-refractivity contribution is 5.74. The number of nitrogens with two attached hydrogens (primary N) is 1. The van der Waals surface area contributed by atoms with Crippen molar-refractivity contribution in [3.05, 3.63) is 44.5 Å². The number of rotatable bonds is 1. The zero-order valence-corrected chi connectivity index (χ0v) is 9.95. The lowest BCUT2D eigenvalue weighted by atomic mass is 9.89. The van der Waals surface area contributed by atoms with E-state index in [1.807, 2.05) is 12.1 Å². The van der Waals surface area contributed by atoms with Gasteiger partial charge in [0.1, 0.15) is 0 Å². The molecule has 18 heavy (non-hydrogen) atoms. The summed E-state index contributed by atoms with van der Waals surface area (Å²) in [6.07, 6.45) is 4.20.